The van der Waals surface area contributed by atoms with Crippen molar-refractivity contribution in [1.29, 1.82) is 0 Å². The van der Waals surface area contributed by atoms with E-state index in [0.717, 1.165) is 23.3 Å². The molecule has 0 radical (unpaired) electrons. The van der Waals surface area contributed by atoms with Crippen LogP contribution in [0.15, 0.2) is 12.1 Å². The van der Waals surface area contributed by atoms with E-state index in [-0.39, 0.29) is 11.0 Å². The van der Waals surface area contributed by atoms with Gasteiger partial charge in [0, 0.05) is 11.1 Å². The third kappa shape index (κ3) is 3.57. The molecule has 0 saturated carbocycles. The molecule has 1 nitrogen and oxygen atoms in total. The van der Waals surface area contributed by atoms with Gasteiger partial charge >= 0.3 is 0 Å². The zero-order valence-corrected chi connectivity index (χ0v) is 15.8. The van der Waals surface area contributed by atoms with Gasteiger partial charge in [-0.2, -0.15) is 0 Å². The summed E-state index contributed by atoms with van der Waals surface area (Å²) in [6.07, 6.45) is 6.61. The van der Waals surface area contributed by atoms with E-state index < -0.39 is 8.07 Å². The van der Waals surface area contributed by atoms with Crippen molar-refractivity contribution in [3.8, 4) is 29.6 Å². The van der Waals surface area contributed by atoms with Crippen molar-refractivity contribution in [3.63, 3.8) is 0 Å². The minimum atomic E-state index is -1.45. The standard InChI is InChI=1S/C20H26OSi/c1-9-15-12-16(10-11-22(6,7)8)18-17(13-15)19(2,3)14-20(4,5)21-18/h1,12-13H,14H2,2-8H3. The second kappa shape index (κ2) is 5.22. The molecular weight excluding hydrogens is 284 g/mol. The molecule has 0 fully saturated rings. The van der Waals surface area contributed by atoms with Crippen LogP contribution in [0.3, 0.4) is 0 Å². The van der Waals surface area contributed by atoms with E-state index >= 15 is 0 Å². The Hall–Kier alpha value is -1.64. The molecule has 0 unspecified atom stereocenters. The highest BCUT2D eigenvalue weighted by Gasteiger charge is 2.40. The maximum absolute atomic E-state index is 6.30. The second-order valence-corrected chi connectivity index (χ2v) is 13.2. The Morgan fingerprint density at radius 3 is 2.32 bits per heavy atom. The van der Waals surface area contributed by atoms with Gasteiger partial charge < -0.3 is 4.74 Å². The van der Waals surface area contributed by atoms with Gasteiger partial charge in [0.05, 0.1) is 5.56 Å². The van der Waals surface area contributed by atoms with Crippen LogP contribution in [0.25, 0.3) is 0 Å². The molecule has 0 bridgehead atoms. The van der Waals surface area contributed by atoms with Crippen LogP contribution >= 0.6 is 0 Å². The van der Waals surface area contributed by atoms with Crippen LogP contribution in [0.4, 0.5) is 0 Å². The Labute approximate surface area is 136 Å². The van der Waals surface area contributed by atoms with E-state index in [2.05, 4.69) is 70.8 Å². The van der Waals surface area contributed by atoms with Crippen molar-refractivity contribution in [1.82, 2.24) is 0 Å². The molecule has 0 aliphatic carbocycles. The molecule has 2 heteroatoms. The monoisotopic (exact) mass is 310 g/mol. The van der Waals surface area contributed by atoms with E-state index in [0.29, 0.717) is 0 Å². The van der Waals surface area contributed by atoms with E-state index in [4.69, 9.17) is 11.2 Å². The molecule has 0 saturated heterocycles. The van der Waals surface area contributed by atoms with Gasteiger partial charge in [-0.3, -0.25) is 0 Å². The summed E-state index contributed by atoms with van der Waals surface area (Å²) in [6, 6.07) is 4.08. The van der Waals surface area contributed by atoms with Crippen LogP contribution < -0.4 is 4.74 Å². The number of benzene rings is 1. The minimum Gasteiger partial charge on any atom is -0.486 e. The van der Waals surface area contributed by atoms with Crippen molar-refractivity contribution in [3.05, 3.63) is 28.8 Å². The maximum atomic E-state index is 6.30. The first-order chi connectivity index (χ1) is 9.93. The highest BCUT2D eigenvalue weighted by atomic mass is 28.3. The van der Waals surface area contributed by atoms with Crippen LogP contribution in [0.2, 0.25) is 19.6 Å². The Morgan fingerprint density at radius 2 is 1.77 bits per heavy atom. The van der Waals surface area contributed by atoms with Crippen molar-refractivity contribution in [2.45, 2.75) is 64.8 Å². The molecule has 0 N–H and O–H groups in total. The lowest BCUT2D eigenvalue weighted by Crippen LogP contribution is -2.41. The molecule has 1 heterocycles. The van der Waals surface area contributed by atoms with Gasteiger partial charge in [0.15, 0.2) is 0 Å². The fourth-order valence-corrected chi connectivity index (χ4v) is 3.65. The van der Waals surface area contributed by atoms with E-state index in [1.165, 1.54) is 5.56 Å². The average molecular weight is 311 g/mol. The first kappa shape index (κ1) is 16.7. The van der Waals surface area contributed by atoms with Crippen LogP contribution in [0.1, 0.15) is 50.8 Å². The lowest BCUT2D eigenvalue weighted by molar-refractivity contribution is 0.0530. The molecule has 0 spiro atoms. The second-order valence-electron chi connectivity index (χ2n) is 8.47. The number of rotatable bonds is 0. The lowest BCUT2D eigenvalue weighted by Gasteiger charge is -2.43. The predicted molar refractivity (Wildman–Crippen MR) is 97.0 cm³/mol. The predicted octanol–water partition coefficient (Wildman–Crippen LogP) is 4.74. The molecule has 1 aliphatic rings. The van der Waals surface area contributed by atoms with Crippen LogP contribution in [0, 0.1) is 23.8 Å². The zero-order valence-electron chi connectivity index (χ0n) is 14.8. The van der Waals surface area contributed by atoms with E-state index in [1.54, 1.807) is 0 Å². The Bertz CT molecular complexity index is 700. The number of hydrogen-bond acceptors (Lipinski definition) is 1. The summed E-state index contributed by atoms with van der Waals surface area (Å²) in [5.74, 6) is 7.04. The Balaban J connectivity index is 2.70. The summed E-state index contributed by atoms with van der Waals surface area (Å²) in [5, 5.41) is 0. The fourth-order valence-electron chi connectivity index (χ4n) is 3.14. The summed E-state index contributed by atoms with van der Waals surface area (Å²) in [6.45, 7) is 15.5. The van der Waals surface area contributed by atoms with Crippen LogP contribution in [0.5, 0.6) is 5.75 Å². The molecule has 22 heavy (non-hydrogen) atoms. The summed E-state index contributed by atoms with van der Waals surface area (Å²) in [7, 11) is -1.45. The smallest absolute Gasteiger partial charge is 0.139 e. The topological polar surface area (TPSA) is 9.23 Å². The van der Waals surface area contributed by atoms with Gasteiger partial charge in [0.1, 0.15) is 19.4 Å². The van der Waals surface area contributed by atoms with Gasteiger partial charge in [0.25, 0.3) is 0 Å². The third-order valence-electron chi connectivity index (χ3n) is 3.80. The van der Waals surface area contributed by atoms with Gasteiger partial charge in [-0.1, -0.05) is 45.3 Å². The van der Waals surface area contributed by atoms with Gasteiger partial charge in [0.2, 0.25) is 0 Å². The Kier molecular flexibility index (Phi) is 3.97. The fraction of sp³-hybridized carbons (Fsp3) is 0.500. The van der Waals surface area contributed by atoms with Crippen molar-refractivity contribution in [2.75, 3.05) is 0 Å². The number of ether oxygens (including phenoxy) is 1. The van der Waals surface area contributed by atoms with Crippen molar-refractivity contribution >= 4 is 8.07 Å². The van der Waals surface area contributed by atoms with Gasteiger partial charge in [-0.25, -0.2) is 0 Å². The SMILES string of the molecule is C#Cc1cc(C#C[Si](C)(C)C)c2c(c1)C(C)(C)CC(C)(C)O2. The van der Waals surface area contributed by atoms with Crippen LogP contribution in [-0.2, 0) is 5.41 Å². The molecule has 1 aromatic carbocycles. The number of fused-ring (bicyclic) bond motifs is 1. The largest absolute Gasteiger partial charge is 0.486 e. The molecule has 1 aliphatic heterocycles. The summed E-state index contributed by atoms with van der Waals surface area (Å²) >= 11 is 0. The van der Waals surface area contributed by atoms with E-state index in [9.17, 15) is 0 Å². The first-order valence-electron chi connectivity index (χ1n) is 7.81. The quantitative estimate of drug-likeness (QED) is 0.497. The Morgan fingerprint density at radius 1 is 1.14 bits per heavy atom. The molecule has 0 amide bonds. The molecule has 116 valence electrons. The molecule has 1 aromatic rings. The molecule has 0 atom stereocenters. The maximum Gasteiger partial charge on any atom is 0.139 e. The van der Waals surface area contributed by atoms with Crippen LogP contribution in [-0.4, -0.2) is 13.7 Å². The van der Waals surface area contributed by atoms with Crippen molar-refractivity contribution in [2.24, 2.45) is 0 Å². The van der Waals surface area contributed by atoms with Gasteiger partial charge in [-0.05, 0) is 37.8 Å². The molecule has 2 rings (SSSR count). The number of terminal acetylenes is 1. The summed E-state index contributed by atoms with van der Waals surface area (Å²) in [4.78, 5) is 0. The highest BCUT2D eigenvalue weighted by Crippen LogP contribution is 2.46. The van der Waals surface area contributed by atoms with Crippen molar-refractivity contribution < 1.29 is 4.74 Å². The normalized spacial score (nSPS) is 18.3. The van der Waals surface area contributed by atoms with E-state index in [1.807, 2.05) is 6.07 Å². The molecular formula is C20H26OSi. The third-order valence-corrected chi connectivity index (χ3v) is 4.68. The lowest BCUT2D eigenvalue weighted by atomic mass is 9.73. The minimum absolute atomic E-state index is 0.0273. The summed E-state index contributed by atoms with van der Waals surface area (Å²) in [5.41, 5.74) is 6.28. The number of hydrogen-bond donors (Lipinski definition) is 0. The summed E-state index contributed by atoms with van der Waals surface area (Å²) < 4.78 is 6.30. The highest BCUT2D eigenvalue weighted by molar-refractivity contribution is 6.83. The zero-order chi connectivity index (χ0) is 16.8. The first-order valence-corrected chi connectivity index (χ1v) is 11.3. The average Bonchev–Trinajstić information content (AvgIpc) is 2.33. The van der Waals surface area contributed by atoms with Gasteiger partial charge in [-0.15, -0.1) is 12.0 Å². The molecule has 0 aromatic heterocycles.